The van der Waals surface area contributed by atoms with Crippen LogP contribution < -0.4 is 0 Å². The summed E-state index contributed by atoms with van der Waals surface area (Å²) in [5.74, 6) is -0.338. The number of aromatic nitrogens is 6. The minimum Gasteiger partial charge on any atom is -0.431 e. The zero-order valence-corrected chi connectivity index (χ0v) is 21.3. The fourth-order valence-electron chi connectivity index (χ4n) is 3.21. The van der Waals surface area contributed by atoms with Gasteiger partial charge in [0.25, 0.3) is 10.9 Å². The number of oxazole rings is 1. The van der Waals surface area contributed by atoms with Crippen molar-refractivity contribution in [1.29, 1.82) is 0 Å². The summed E-state index contributed by atoms with van der Waals surface area (Å²) in [5, 5.41) is 17.3. The first kappa shape index (κ1) is 27.7. The second-order valence-corrected chi connectivity index (χ2v) is 9.96. The zero-order valence-electron chi connectivity index (χ0n) is 18.9. The van der Waals surface area contributed by atoms with E-state index in [9.17, 15) is 36.5 Å². The Kier molecular flexibility index (Phi) is 7.09. The monoisotopic (exact) mass is 619 g/mol. The number of nitrogens with zero attached hydrogens (tertiary/aromatic N) is 6. The lowest BCUT2D eigenvalue weighted by Crippen LogP contribution is -2.11. The lowest BCUT2D eigenvalue weighted by molar-refractivity contribution is -0.384. The molecule has 0 atom stereocenters. The molecule has 3 heterocycles. The maximum atomic E-state index is 13.2. The highest BCUT2D eigenvalue weighted by molar-refractivity contribution is 7.99. The summed E-state index contributed by atoms with van der Waals surface area (Å²) in [6, 6.07) is 6.24. The van der Waals surface area contributed by atoms with Crippen molar-refractivity contribution in [3.8, 4) is 11.4 Å². The van der Waals surface area contributed by atoms with Gasteiger partial charge in [0.2, 0.25) is 5.16 Å². The molecule has 5 rings (SSSR count). The third-order valence-electron chi connectivity index (χ3n) is 4.91. The van der Waals surface area contributed by atoms with Gasteiger partial charge in [-0.2, -0.15) is 26.3 Å². The van der Waals surface area contributed by atoms with Gasteiger partial charge in [-0.25, -0.2) is 19.9 Å². The van der Waals surface area contributed by atoms with Crippen LogP contribution in [0.15, 0.2) is 67.4 Å². The number of halogens is 7. The maximum Gasteiger partial charge on any atom is 0.416 e. The first-order chi connectivity index (χ1) is 18.7. The van der Waals surface area contributed by atoms with Crippen LogP contribution in [0.5, 0.6) is 0 Å². The largest absolute Gasteiger partial charge is 0.431 e. The van der Waals surface area contributed by atoms with Gasteiger partial charge >= 0.3 is 12.4 Å². The zero-order chi connectivity index (χ0) is 28.8. The van der Waals surface area contributed by atoms with Gasteiger partial charge in [-0.3, -0.25) is 15.2 Å². The molecule has 0 amide bonds. The van der Waals surface area contributed by atoms with Crippen molar-refractivity contribution in [3.05, 3.63) is 68.9 Å². The first-order valence-corrected chi connectivity index (χ1v) is 12.4. The van der Waals surface area contributed by atoms with Crippen LogP contribution in [-0.2, 0) is 12.4 Å². The number of H-pyrrole nitrogens is 1. The van der Waals surface area contributed by atoms with Crippen LogP contribution in [0, 0.1) is 10.1 Å². The van der Waals surface area contributed by atoms with Crippen LogP contribution in [0.3, 0.4) is 0 Å². The Balaban J connectivity index is 1.39. The summed E-state index contributed by atoms with van der Waals surface area (Å²) < 4.78 is 84.7. The van der Waals surface area contributed by atoms with Gasteiger partial charge in [-0.15, -0.1) is 5.10 Å². The van der Waals surface area contributed by atoms with E-state index in [-0.39, 0.29) is 54.4 Å². The third-order valence-corrected chi connectivity index (χ3v) is 6.61. The Morgan fingerprint density at radius 2 is 1.57 bits per heavy atom. The normalized spacial score (nSPS) is 12.3. The summed E-state index contributed by atoms with van der Waals surface area (Å²) in [6.45, 7) is 0. The Hall–Kier alpha value is -3.90. The molecule has 5 aromatic rings. The van der Waals surface area contributed by atoms with E-state index in [0.29, 0.717) is 12.1 Å². The van der Waals surface area contributed by atoms with E-state index in [4.69, 9.17) is 16.0 Å². The lowest BCUT2D eigenvalue weighted by Gasteiger charge is -2.13. The molecule has 0 spiro atoms. The van der Waals surface area contributed by atoms with E-state index < -0.39 is 34.0 Å². The average molecular weight is 620 g/mol. The third kappa shape index (κ3) is 6.13. The minimum absolute atomic E-state index is 0.00964. The van der Waals surface area contributed by atoms with Gasteiger partial charge in [0, 0.05) is 35.5 Å². The molecular weight excluding hydrogens is 612 g/mol. The summed E-state index contributed by atoms with van der Waals surface area (Å²) in [6.07, 6.45) is -10.0. The molecule has 0 radical (unpaired) electrons. The number of fused-ring (bicyclic) bond motifs is 1. The van der Waals surface area contributed by atoms with Gasteiger partial charge in [-0.1, -0.05) is 11.6 Å². The molecule has 3 aromatic heterocycles. The number of nitro benzene ring substituents is 1. The highest BCUT2D eigenvalue weighted by Crippen LogP contribution is 2.39. The van der Waals surface area contributed by atoms with Crippen molar-refractivity contribution in [2.24, 2.45) is 0 Å². The maximum absolute atomic E-state index is 13.2. The molecule has 0 aliphatic heterocycles. The number of hydrogen-bond acceptors (Lipinski definition) is 10. The van der Waals surface area contributed by atoms with Crippen molar-refractivity contribution < 1.29 is 35.7 Å². The number of nitrogens with one attached hydrogen (secondary N) is 1. The predicted octanol–water partition coefficient (Wildman–Crippen LogP) is 7.30. The summed E-state index contributed by atoms with van der Waals surface area (Å²) >= 11 is 7.72. The molecular formula is C21H8ClF6N7O3S2. The summed E-state index contributed by atoms with van der Waals surface area (Å²) in [4.78, 5) is 26.8. The number of aromatic amines is 1. The highest BCUT2D eigenvalue weighted by atomic mass is 35.5. The van der Waals surface area contributed by atoms with Gasteiger partial charge < -0.3 is 4.42 Å². The Morgan fingerprint density at radius 3 is 2.23 bits per heavy atom. The van der Waals surface area contributed by atoms with Crippen LogP contribution >= 0.6 is 35.1 Å². The SMILES string of the molecule is O=[N+]([O-])c1ccc2oc(Sc3nc(Cl)cc(Sc4n[nH]c(-c5cc(C(F)(F)F)cc(C(F)(F)F)c5)n4)n3)nc2c1. The standard InChI is InChI=1S/C21H8ClF6N7O3S2/c22-14-7-15(31-17(30-14)40-19-29-12-6-11(35(36)37)1-2-13(12)38-19)39-18-32-16(33-34-18)8-3-9(20(23,24)25)5-10(4-8)21(26,27)28/h1-7H,(H,32,33,34). The Bertz CT molecular complexity index is 1730. The molecule has 1 N–H and O–H groups in total. The summed E-state index contributed by atoms with van der Waals surface area (Å²) in [5.41, 5.74) is -3.15. The number of hydrogen-bond donors (Lipinski definition) is 1. The molecule has 0 saturated carbocycles. The molecule has 2 aromatic carbocycles. The number of nitro groups is 1. The second-order valence-electron chi connectivity index (χ2n) is 7.67. The molecule has 206 valence electrons. The van der Waals surface area contributed by atoms with Crippen molar-refractivity contribution >= 4 is 51.9 Å². The van der Waals surface area contributed by atoms with E-state index in [1.54, 1.807) is 0 Å². The van der Waals surface area contributed by atoms with Crippen molar-refractivity contribution in [2.75, 3.05) is 0 Å². The molecule has 0 aliphatic carbocycles. The molecule has 40 heavy (non-hydrogen) atoms. The average Bonchev–Trinajstić information content (AvgIpc) is 3.48. The van der Waals surface area contributed by atoms with Crippen LogP contribution in [0.25, 0.3) is 22.5 Å². The molecule has 0 aliphatic rings. The molecule has 19 heteroatoms. The van der Waals surface area contributed by atoms with Crippen molar-refractivity contribution in [1.82, 2.24) is 30.1 Å². The fourth-order valence-corrected chi connectivity index (χ4v) is 5.00. The van der Waals surface area contributed by atoms with E-state index in [1.165, 1.54) is 24.3 Å². The lowest BCUT2D eigenvalue weighted by atomic mass is 10.0. The molecule has 10 nitrogen and oxygen atoms in total. The number of non-ortho nitro benzene ring substituents is 1. The van der Waals surface area contributed by atoms with Gasteiger partial charge in [-0.05, 0) is 36.0 Å². The fraction of sp³-hybridized carbons (Fsp3) is 0.0952. The highest BCUT2D eigenvalue weighted by Gasteiger charge is 2.37. The Labute approximate surface area is 230 Å². The first-order valence-electron chi connectivity index (χ1n) is 10.4. The summed E-state index contributed by atoms with van der Waals surface area (Å²) in [7, 11) is 0. The molecule has 0 fully saturated rings. The van der Waals surface area contributed by atoms with E-state index in [0.717, 1.165) is 23.5 Å². The van der Waals surface area contributed by atoms with Crippen LogP contribution in [0.4, 0.5) is 32.0 Å². The van der Waals surface area contributed by atoms with Gasteiger partial charge in [0.15, 0.2) is 16.6 Å². The van der Waals surface area contributed by atoms with E-state index >= 15 is 0 Å². The number of benzene rings is 2. The second kappa shape index (κ2) is 10.3. The van der Waals surface area contributed by atoms with Crippen molar-refractivity contribution in [2.45, 2.75) is 32.9 Å². The molecule has 0 saturated heterocycles. The van der Waals surface area contributed by atoms with Gasteiger partial charge in [0.05, 0.1) is 16.1 Å². The molecule has 0 bridgehead atoms. The number of rotatable bonds is 6. The smallest absolute Gasteiger partial charge is 0.416 e. The van der Waals surface area contributed by atoms with E-state index in [2.05, 4.69) is 30.1 Å². The van der Waals surface area contributed by atoms with Crippen LogP contribution in [0.1, 0.15) is 11.1 Å². The van der Waals surface area contributed by atoms with Gasteiger partial charge in [0.1, 0.15) is 15.7 Å². The van der Waals surface area contributed by atoms with Crippen LogP contribution in [-0.4, -0.2) is 35.1 Å². The predicted molar refractivity (Wildman–Crippen MR) is 128 cm³/mol. The quantitative estimate of drug-likeness (QED) is 0.0677. The number of alkyl halides is 6. The van der Waals surface area contributed by atoms with Crippen molar-refractivity contribution in [3.63, 3.8) is 0 Å². The molecule has 0 unspecified atom stereocenters. The van der Waals surface area contributed by atoms with E-state index in [1.807, 2.05) is 0 Å². The Morgan fingerprint density at radius 1 is 0.875 bits per heavy atom. The minimum atomic E-state index is -5.02. The topological polar surface area (TPSA) is 137 Å². The van der Waals surface area contributed by atoms with Crippen LogP contribution in [0.2, 0.25) is 5.15 Å².